The van der Waals surface area contributed by atoms with E-state index in [1.807, 2.05) is 0 Å². The van der Waals surface area contributed by atoms with Crippen LogP contribution in [0.5, 0.6) is 0 Å². The third kappa shape index (κ3) is 4.04. The lowest BCUT2D eigenvalue weighted by atomic mass is 10.0. The average molecular weight is 227 g/mol. The summed E-state index contributed by atoms with van der Waals surface area (Å²) in [4.78, 5) is 0. The molecule has 2 aliphatic rings. The number of hydrogen-bond donors (Lipinski definition) is 2. The lowest BCUT2D eigenvalue weighted by Gasteiger charge is -2.24. The second kappa shape index (κ2) is 6.58. The molecule has 0 aromatic rings. The Morgan fingerprint density at radius 2 is 1.81 bits per heavy atom. The van der Waals surface area contributed by atoms with Gasteiger partial charge in [0, 0.05) is 0 Å². The van der Waals surface area contributed by atoms with Gasteiger partial charge in [-0.3, -0.25) is 0 Å². The minimum absolute atomic E-state index is 0.238. The van der Waals surface area contributed by atoms with Gasteiger partial charge in [0.05, 0.1) is 18.8 Å². The first-order chi connectivity index (χ1) is 7.84. The molecule has 0 aromatic carbocycles. The third-order valence-electron chi connectivity index (χ3n) is 3.89. The highest BCUT2D eigenvalue weighted by atomic mass is 16.5. The summed E-state index contributed by atoms with van der Waals surface area (Å²) in [6.07, 6.45) is 8.60. The quantitative estimate of drug-likeness (QED) is 0.751. The van der Waals surface area contributed by atoms with E-state index >= 15 is 0 Å². The molecule has 3 nitrogen and oxygen atoms in total. The van der Waals surface area contributed by atoms with Gasteiger partial charge in [-0.1, -0.05) is 25.7 Å². The van der Waals surface area contributed by atoms with Gasteiger partial charge in [0.2, 0.25) is 0 Å². The summed E-state index contributed by atoms with van der Waals surface area (Å²) in [5.74, 6) is 0.756. The largest absolute Gasteiger partial charge is 0.391 e. The van der Waals surface area contributed by atoms with Crippen molar-refractivity contribution in [3.05, 3.63) is 0 Å². The molecule has 0 aromatic heterocycles. The number of aliphatic hydroxyl groups excluding tert-OH is 1. The van der Waals surface area contributed by atoms with Gasteiger partial charge < -0.3 is 15.2 Å². The van der Waals surface area contributed by atoms with E-state index in [4.69, 9.17) is 4.74 Å². The van der Waals surface area contributed by atoms with Crippen LogP contribution in [0, 0.1) is 5.92 Å². The predicted molar refractivity (Wildman–Crippen MR) is 64.4 cm³/mol. The molecule has 1 aliphatic carbocycles. The van der Waals surface area contributed by atoms with Gasteiger partial charge in [0.15, 0.2) is 0 Å². The van der Waals surface area contributed by atoms with E-state index in [1.165, 1.54) is 25.7 Å². The van der Waals surface area contributed by atoms with Crippen LogP contribution in [0.15, 0.2) is 0 Å². The van der Waals surface area contributed by atoms with Crippen LogP contribution in [0.3, 0.4) is 0 Å². The molecule has 1 atom stereocenters. The van der Waals surface area contributed by atoms with Crippen molar-refractivity contribution in [2.24, 2.45) is 5.92 Å². The molecule has 1 heterocycles. The topological polar surface area (TPSA) is 41.5 Å². The van der Waals surface area contributed by atoms with Crippen LogP contribution in [0.25, 0.3) is 0 Å². The molecule has 0 radical (unpaired) electrons. The molecule has 94 valence electrons. The Morgan fingerprint density at radius 3 is 2.50 bits per heavy atom. The zero-order chi connectivity index (χ0) is 11.2. The van der Waals surface area contributed by atoms with Crippen molar-refractivity contribution in [3.8, 4) is 0 Å². The summed E-state index contributed by atoms with van der Waals surface area (Å²) in [7, 11) is 0. The minimum atomic E-state index is -0.238. The van der Waals surface area contributed by atoms with Gasteiger partial charge in [0.1, 0.15) is 0 Å². The van der Waals surface area contributed by atoms with E-state index in [1.54, 1.807) is 0 Å². The van der Waals surface area contributed by atoms with Gasteiger partial charge in [-0.25, -0.2) is 0 Å². The standard InChI is InChI=1S/C13H25NO2/c15-12(9-11-3-1-2-4-11)10-16-13-5-7-14-8-6-13/h11-15H,1-10H2. The molecule has 16 heavy (non-hydrogen) atoms. The molecular formula is C13H25NO2. The Balaban J connectivity index is 1.57. The number of hydrogen-bond acceptors (Lipinski definition) is 3. The van der Waals surface area contributed by atoms with Gasteiger partial charge >= 0.3 is 0 Å². The summed E-state index contributed by atoms with van der Waals surface area (Å²) < 4.78 is 5.77. The first kappa shape index (κ1) is 12.3. The van der Waals surface area contributed by atoms with Crippen LogP contribution in [-0.2, 0) is 4.74 Å². The minimum Gasteiger partial charge on any atom is -0.391 e. The Bertz CT molecular complexity index is 186. The van der Waals surface area contributed by atoms with E-state index in [2.05, 4.69) is 5.32 Å². The highest BCUT2D eigenvalue weighted by Crippen LogP contribution is 2.28. The summed E-state index contributed by atoms with van der Waals surface area (Å²) in [5, 5.41) is 13.2. The molecule has 0 bridgehead atoms. The van der Waals surface area contributed by atoms with Crippen molar-refractivity contribution < 1.29 is 9.84 Å². The molecule has 2 N–H and O–H groups in total. The molecule has 2 fully saturated rings. The fourth-order valence-electron chi connectivity index (χ4n) is 2.91. The van der Waals surface area contributed by atoms with Crippen LogP contribution in [0.4, 0.5) is 0 Å². The maximum Gasteiger partial charge on any atom is 0.0776 e. The first-order valence-electron chi connectivity index (χ1n) is 6.85. The lowest BCUT2D eigenvalue weighted by molar-refractivity contribution is -0.0275. The monoisotopic (exact) mass is 227 g/mol. The molecule has 1 saturated heterocycles. The fourth-order valence-corrected chi connectivity index (χ4v) is 2.91. The molecule has 0 amide bonds. The Hall–Kier alpha value is -0.120. The van der Waals surface area contributed by atoms with Crippen molar-refractivity contribution in [3.63, 3.8) is 0 Å². The number of aliphatic hydroxyl groups is 1. The Labute approximate surface area is 98.6 Å². The summed E-state index contributed by atoms with van der Waals surface area (Å²) in [6.45, 7) is 2.66. The molecule has 0 spiro atoms. The number of rotatable bonds is 5. The molecule has 1 aliphatic heterocycles. The third-order valence-corrected chi connectivity index (χ3v) is 3.89. The van der Waals surface area contributed by atoms with Crippen molar-refractivity contribution in [2.75, 3.05) is 19.7 Å². The zero-order valence-electron chi connectivity index (χ0n) is 10.2. The van der Waals surface area contributed by atoms with Crippen LogP contribution < -0.4 is 5.32 Å². The van der Waals surface area contributed by atoms with Gasteiger partial charge in [0.25, 0.3) is 0 Å². The zero-order valence-corrected chi connectivity index (χ0v) is 10.2. The maximum atomic E-state index is 9.90. The Morgan fingerprint density at radius 1 is 1.12 bits per heavy atom. The van der Waals surface area contributed by atoms with E-state index in [0.717, 1.165) is 38.3 Å². The highest BCUT2D eigenvalue weighted by molar-refractivity contribution is 4.72. The molecule has 3 heteroatoms. The first-order valence-corrected chi connectivity index (χ1v) is 6.85. The number of nitrogens with one attached hydrogen (secondary N) is 1. The molecular weight excluding hydrogens is 202 g/mol. The highest BCUT2D eigenvalue weighted by Gasteiger charge is 2.20. The van der Waals surface area contributed by atoms with Gasteiger partial charge in [-0.15, -0.1) is 0 Å². The van der Waals surface area contributed by atoms with Crippen LogP contribution in [0.1, 0.15) is 44.9 Å². The molecule has 1 saturated carbocycles. The molecule has 2 rings (SSSR count). The Kier molecular flexibility index (Phi) is 5.07. The van der Waals surface area contributed by atoms with E-state index < -0.39 is 0 Å². The van der Waals surface area contributed by atoms with E-state index in [-0.39, 0.29) is 6.10 Å². The van der Waals surface area contributed by atoms with Crippen LogP contribution in [0.2, 0.25) is 0 Å². The maximum absolute atomic E-state index is 9.90. The average Bonchev–Trinajstić information content (AvgIpc) is 2.81. The predicted octanol–water partition coefficient (Wildman–Crippen LogP) is 1.70. The van der Waals surface area contributed by atoms with Gasteiger partial charge in [-0.05, 0) is 38.3 Å². The number of piperidine rings is 1. The normalized spacial score (nSPS) is 26.1. The van der Waals surface area contributed by atoms with Crippen molar-refractivity contribution in [1.82, 2.24) is 5.32 Å². The van der Waals surface area contributed by atoms with Crippen molar-refractivity contribution in [2.45, 2.75) is 57.2 Å². The molecule has 1 unspecified atom stereocenters. The second-order valence-corrected chi connectivity index (χ2v) is 5.32. The van der Waals surface area contributed by atoms with Crippen LogP contribution in [-0.4, -0.2) is 37.0 Å². The summed E-state index contributed by atoms with van der Waals surface area (Å²) in [6, 6.07) is 0. The van der Waals surface area contributed by atoms with Gasteiger partial charge in [-0.2, -0.15) is 0 Å². The fraction of sp³-hybridized carbons (Fsp3) is 1.00. The van der Waals surface area contributed by atoms with Crippen LogP contribution >= 0.6 is 0 Å². The SMILES string of the molecule is OC(COC1CCNCC1)CC1CCCC1. The number of ether oxygens (including phenoxy) is 1. The van der Waals surface area contributed by atoms with E-state index in [0.29, 0.717) is 12.7 Å². The van der Waals surface area contributed by atoms with Crippen molar-refractivity contribution >= 4 is 0 Å². The second-order valence-electron chi connectivity index (χ2n) is 5.32. The van der Waals surface area contributed by atoms with E-state index in [9.17, 15) is 5.11 Å². The summed E-state index contributed by atoms with van der Waals surface area (Å²) >= 11 is 0. The van der Waals surface area contributed by atoms with Crippen molar-refractivity contribution in [1.29, 1.82) is 0 Å². The smallest absolute Gasteiger partial charge is 0.0776 e. The summed E-state index contributed by atoms with van der Waals surface area (Å²) in [5.41, 5.74) is 0. The lowest BCUT2D eigenvalue weighted by Crippen LogP contribution is -2.34.